The highest BCUT2D eigenvalue weighted by Gasteiger charge is 2.27. The van der Waals surface area contributed by atoms with E-state index in [9.17, 15) is 8.42 Å². The van der Waals surface area contributed by atoms with Gasteiger partial charge in [-0.25, -0.2) is 18.4 Å². The molecule has 0 aromatic carbocycles. The fourth-order valence-corrected chi connectivity index (χ4v) is 3.70. The van der Waals surface area contributed by atoms with Gasteiger partial charge in [-0.1, -0.05) is 0 Å². The van der Waals surface area contributed by atoms with E-state index >= 15 is 0 Å². The number of hydrogen-bond donors (Lipinski definition) is 1. The van der Waals surface area contributed by atoms with Gasteiger partial charge >= 0.3 is 0 Å². The zero-order chi connectivity index (χ0) is 11.6. The molecule has 1 aliphatic heterocycles. The van der Waals surface area contributed by atoms with Crippen LogP contribution in [0.2, 0.25) is 0 Å². The summed E-state index contributed by atoms with van der Waals surface area (Å²) in [6.45, 7) is 0. The summed E-state index contributed by atoms with van der Waals surface area (Å²) in [6.07, 6.45) is 4.07. The fourth-order valence-electron chi connectivity index (χ4n) is 1.65. The Morgan fingerprint density at radius 2 is 2.31 bits per heavy atom. The lowest BCUT2D eigenvalue weighted by Gasteiger charge is -2.11. The molecule has 0 amide bonds. The molecule has 2 rings (SSSR count). The maximum Gasteiger partial charge on any atom is 0.152 e. The van der Waals surface area contributed by atoms with Crippen molar-refractivity contribution < 1.29 is 8.42 Å². The Bertz CT molecular complexity index is 475. The van der Waals surface area contributed by atoms with Crippen LogP contribution >= 0.6 is 11.8 Å². The van der Waals surface area contributed by atoms with Crippen molar-refractivity contribution in [2.24, 2.45) is 0 Å². The number of aromatic nitrogens is 2. The molecule has 0 spiro atoms. The Hall–Kier alpha value is -0.820. The van der Waals surface area contributed by atoms with Gasteiger partial charge in [-0.2, -0.15) is 0 Å². The molecule has 1 aromatic heterocycles. The lowest BCUT2D eigenvalue weighted by molar-refractivity contribution is 0.602. The summed E-state index contributed by atoms with van der Waals surface area (Å²) < 4.78 is 22.6. The van der Waals surface area contributed by atoms with Crippen LogP contribution in [-0.2, 0) is 9.84 Å². The summed E-state index contributed by atoms with van der Waals surface area (Å²) in [4.78, 5) is 8.12. The molecule has 1 atom stereocenters. The highest BCUT2D eigenvalue weighted by Crippen LogP contribution is 2.18. The van der Waals surface area contributed by atoms with Crippen molar-refractivity contribution in [2.45, 2.75) is 17.5 Å². The highest BCUT2D eigenvalue weighted by molar-refractivity contribution is 7.98. The van der Waals surface area contributed by atoms with Crippen LogP contribution in [0.3, 0.4) is 0 Å². The Kier molecular flexibility index (Phi) is 3.34. The first kappa shape index (κ1) is 11.7. The van der Waals surface area contributed by atoms with Gasteiger partial charge in [0.25, 0.3) is 0 Å². The molecule has 7 heteroatoms. The number of hydrogen-bond acceptors (Lipinski definition) is 6. The van der Waals surface area contributed by atoms with Gasteiger partial charge in [0.05, 0.1) is 11.5 Å². The molecule has 1 aromatic rings. The van der Waals surface area contributed by atoms with Crippen LogP contribution in [0.15, 0.2) is 17.4 Å². The first-order valence-corrected chi connectivity index (χ1v) is 7.97. The third kappa shape index (κ3) is 2.85. The molecule has 0 aliphatic carbocycles. The van der Waals surface area contributed by atoms with E-state index in [-0.39, 0.29) is 17.5 Å². The summed E-state index contributed by atoms with van der Waals surface area (Å²) in [5.74, 6) is 1.16. The summed E-state index contributed by atoms with van der Waals surface area (Å²) >= 11 is 1.53. The summed E-state index contributed by atoms with van der Waals surface area (Å²) in [6, 6.07) is 1.81. The van der Waals surface area contributed by atoms with E-state index in [1.54, 1.807) is 0 Å². The van der Waals surface area contributed by atoms with E-state index in [0.29, 0.717) is 12.2 Å². The minimum atomic E-state index is -2.84. The average molecular weight is 259 g/mol. The van der Waals surface area contributed by atoms with Crippen molar-refractivity contribution in [3.63, 3.8) is 0 Å². The van der Waals surface area contributed by atoms with Gasteiger partial charge in [0.2, 0.25) is 0 Å². The van der Waals surface area contributed by atoms with Crippen molar-refractivity contribution in [1.82, 2.24) is 9.97 Å². The Morgan fingerprint density at radius 3 is 2.94 bits per heavy atom. The zero-order valence-electron chi connectivity index (χ0n) is 8.88. The Balaban J connectivity index is 2.04. The molecular weight excluding hydrogens is 246 g/mol. The molecule has 88 valence electrons. The molecule has 1 fully saturated rings. The first-order chi connectivity index (χ1) is 7.59. The second kappa shape index (κ2) is 4.58. The van der Waals surface area contributed by atoms with Crippen LogP contribution in [-0.4, -0.2) is 42.2 Å². The number of rotatable bonds is 3. The van der Waals surface area contributed by atoms with Crippen molar-refractivity contribution in [1.29, 1.82) is 0 Å². The second-order valence-corrected chi connectivity index (χ2v) is 6.75. The van der Waals surface area contributed by atoms with E-state index < -0.39 is 9.84 Å². The molecular formula is C9H13N3O2S2. The number of anilines is 1. The van der Waals surface area contributed by atoms with E-state index in [0.717, 1.165) is 5.03 Å². The predicted octanol–water partition coefficient (Wildman–Crippen LogP) is 0.798. The first-order valence-electron chi connectivity index (χ1n) is 4.92. The van der Waals surface area contributed by atoms with Crippen LogP contribution in [0.1, 0.15) is 6.42 Å². The molecule has 1 aliphatic rings. The molecule has 1 saturated heterocycles. The van der Waals surface area contributed by atoms with Crippen LogP contribution in [0.4, 0.5) is 5.82 Å². The second-order valence-electron chi connectivity index (χ2n) is 3.69. The zero-order valence-corrected chi connectivity index (χ0v) is 10.5. The standard InChI is InChI=1S/C9H13N3O2S2/c1-15-9-4-8(10-6-11-9)12-7-2-3-16(13,14)5-7/h4,6-7H,2-3,5H2,1H3,(H,10,11,12). The normalized spacial score (nSPS) is 23.2. The van der Waals surface area contributed by atoms with Crippen LogP contribution in [0.25, 0.3) is 0 Å². The molecule has 0 radical (unpaired) electrons. The smallest absolute Gasteiger partial charge is 0.152 e. The minimum Gasteiger partial charge on any atom is -0.366 e. The van der Waals surface area contributed by atoms with Crippen molar-refractivity contribution in [3.8, 4) is 0 Å². The molecule has 16 heavy (non-hydrogen) atoms. The van der Waals surface area contributed by atoms with Crippen molar-refractivity contribution in [2.75, 3.05) is 23.1 Å². The van der Waals surface area contributed by atoms with Gasteiger partial charge in [-0.15, -0.1) is 11.8 Å². The monoisotopic (exact) mass is 259 g/mol. The van der Waals surface area contributed by atoms with E-state index in [1.165, 1.54) is 18.1 Å². The van der Waals surface area contributed by atoms with Crippen molar-refractivity contribution in [3.05, 3.63) is 12.4 Å². The minimum absolute atomic E-state index is 0.0189. The Labute approximate surface area is 99.0 Å². The van der Waals surface area contributed by atoms with Gasteiger partial charge in [0, 0.05) is 12.1 Å². The van der Waals surface area contributed by atoms with Gasteiger partial charge < -0.3 is 5.32 Å². The summed E-state index contributed by atoms with van der Waals surface area (Å²) in [7, 11) is -2.84. The summed E-state index contributed by atoms with van der Waals surface area (Å²) in [5, 5.41) is 4.00. The third-order valence-electron chi connectivity index (χ3n) is 2.44. The molecule has 2 heterocycles. The van der Waals surface area contributed by atoms with E-state index in [2.05, 4.69) is 15.3 Å². The third-order valence-corrected chi connectivity index (χ3v) is 4.85. The number of thioether (sulfide) groups is 1. The molecule has 0 bridgehead atoms. The highest BCUT2D eigenvalue weighted by atomic mass is 32.2. The van der Waals surface area contributed by atoms with E-state index in [4.69, 9.17) is 0 Å². The quantitative estimate of drug-likeness (QED) is 0.639. The summed E-state index contributed by atoms with van der Waals surface area (Å²) in [5.41, 5.74) is 0. The number of nitrogens with zero attached hydrogens (tertiary/aromatic N) is 2. The average Bonchev–Trinajstić information content (AvgIpc) is 2.58. The predicted molar refractivity (Wildman–Crippen MR) is 64.5 cm³/mol. The van der Waals surface area contributed by atoms with Crippen molar-refractivity contribution >= 4 is 27.4 Å². The molecule has 1 unspecified atom stereocenters. The molecule has 1 N–H and O–H groups in total. The van der Waals surface area contributed by atoms with Gasteiger partial charge in [0.15, 0.2) is 9.84 Å². The number of sulfone groups is 1. The largest absolute Gasteiger partial charge is 0.366 e. The molecule has 0 saturated carbocycles. The van der Waals surface area contributed by atoms with Crippen LogP contribution < -0.4 is 5.32 Å². The van der Waals surface area contributed by atoms with Crippen LogP contribution in [0, 0.1) is 0 Å². The lowest BCUT2D eigenvalue weighted by atomic mass is 10.2. The van der Waals surface area contributed by atoms with Gasteiger partial charge in [-0.05, 0) is 12.7 Å². The Morgan fingerprint density at radius 1 is 1.50 bits per heavy atom. The van der Waals surface area contributed by atoms with E-state index in [1.807, 2.05) is 12.3 Å². The SMILES string of the molecule is CSc1cc(NC2CCS(=O)(=O)C2)ncn1. The number of nitrogens with one attached hydrogen (secondary N) is 1. The topological polar surface area (TPSA) is 72.0 Å². The molecule has 5 nitrogen and oxygen atoms in total. The van der Waals surface area contributed by atoms with Crippen LogP contribution in [0.5, 0.6) is 0 Å². The maximum absolute atomic E-state index is 11.3. The van der Waals surface area contributed by atoms with Gasteiger partial charge in [0.1, 0.15) is 17.2 Å². The van der Waals surface area contributed by atoms with Gasteiger partial charge in [-0.3, -0.25) is 0 Å². The lowest BCUT2D eigenvalue weighted by Crippen LogP contribution is -2.21. The maximum atomic E-state index is 11.3. The fraction of sp³-hybridized carbons (Fsp3) is 0.556.